The first-order valence-corrected chi connectivity index (χ1v) is 10.6. The van der Waals surface area contributed by atoms with Gasteiger partial charge in [0.15, 0.2) is 0 Å². The second kappa shape index (κ2) is 10.9. The summed E-state index contributed by atoms with van der Waals surface area (Å²) >= 11 is 0. The number of hydrogen-bond acceptors (Lipinski definition) is 2. The van der Waals surface area contributed by atoms with E-state index in [4.69, 9.17) is 4.74 Å². The minimum absolute atomic E-state index is 0.117. The zero-order chi connectivity index (χ0) is 32.0. The molecule has 1 rings (SSSR count). The highest BCUT2D eigenvalue weighted by molar-refractivity contribution is 5.30. The van der Waals surface area contributed by atoms with Crippen molar-refractivity contribution in [1.29, 1.82) is 0 Å². The summed E-state index contributed by atoms with van der Waals surface area (Å²) in [5.41, 5.74) is -0.546. The van der Waals surface area contributed by atoms with Gasteiger partial charge >= 0.3 is 47.6 Å². The Morgan fingerprint density at radius 2 is 1.07 bits per heavy atom. The largest absolute Gasteiger partial charge is 0.491 e. The van der Waals surface area contributed by atoms with Gasteiger partial charge in [-0.15, -0.1) is 0 Å². The average molecular weight is 626 g/mol. The van der Waals surface area contributed by atoms with E-state index < -0.39 is 71.8 Å². The molecule has 1 aromatic carbocycles. The molecule has 2 unspecified atom stereocenters. The summed E-state index contributed by atoms with van der Waals surface area (Å²) in [7, 11) is 0.530. The SMILES string of the molecule is CCC(C)Oc1cccc(C(CC(F)(F)C(F)(F)C(F)(F)C(F)(F)C(F)(F)C(F)(F)C(F)(F)C(F)(F)F)OC)c1. The van der Waals surface area contributed by atoms with E-state index in [9.17, 15) is 74.6 Å². The summed E-state index contributed by atoms with van der Waals surface area (Å²) in [4.78, 5) is 0. The van der Waals surface area contributed by atoms with Crippen LogP contribution in [0.25, 0.3) is 0 Å². The fourth-order valence-electron chi connectivity index (χ4n) is 3.00. The standard InChI is InChI=1S/C21H19F17O2/c1-4-10(2)40-12-7-5-6-11(8-12)13(39-3)9-14(22,23)15(24,25)16(26,27)17(28,29)18(30,31)19(32,33)20(34,35)21(36,37)38/h5-8,10,13H,4,9H2,1-3H3. The van der Waals surface area contributed by atoms with Crippen molar-refractivity contribution < 1.29 is 84.1 Å². The van der Waals surface area contributed by atoms with Gasteiger partial charge in [0.25, 0.3) is 0 Å². The second-order valence-electron chi connectivity index (χ2n) is 8.49. The van der Waals surface area contributed by atoms with Crippen LogP contribution in [0.15, 0.2) is 24.3 Å². The van der Waals surface area contributed by atoms with E-state index in [2.05, 4.69) is 4.74 Å². The molecule has 40 heavy (non-hydrogen) atoms. The van der Waals surface area contributed by atoms with E-state index in [0.717, 1.165) is 18.2 Å². The Balaban J connectivity index is 3.54. The van der Waals surface area contributed by atoms with Crippen molar-refractivity contribution in [1.82, 2.24) is 0 Å². The summed E-state index contributed by atoms with van der Waals surface area (Å²) < 4.78 is 239. The zero-order valence-electron chi connectivity index (χ0n) is 20.1. The maximum absolute atomic E-state index is 14.4. The molecule has 0 spiro atoms. The third kappa shape index (κ3) is 5.62. The first-order valence-electron chi connectivity index (χ1n) is 10.6. The van der Waals surface area contributed by atoms with Gasteiger partial charge in [-0.3, -0.25) is 0 Å². The zero-order valence-corrected chi connectivity index (χ0v) is 20.1. The van der Waals surface area contributed by atoms with Crippen LogP contribution in [0.5, 0.6) is 5.75 Å². The summed E-state index contributed by atoms with van der Waals surface area (Å²) in [6.07, 6.45) is -13.1. The van der Waals surface area contributed by atoms with Gasteiger partial charge in [-0.25, -0.2) is 0 Å². The van der Waals surface area contributed by atoms with Gasteiger partial charge in [0, 0.05) is 13.5 Å². The van der Waals surface area contributed by atoms with Crippen LogP contribution in [0.2, 0.25) is 0 Å². The monoisotopic (exact) mass is 626 g/mol. The number of alkyl halides is 17. The fourth-order valence-corrected chi connectivity index (χ4v) is 3.00. The van der Waals surface area contributed by atoms with Crippen molar-refractivity contribution in [3.8, 4) is 5.75 Å². The number of rotatable bonds is 13. The molecule has 234 valence electrons. The highest BCUT2D eigenvalue weighted by atomic mass is 19.4. The van der Waals surface area contributed by atoms with E-state index in [-0.39, 0.29) is 5.75 Å². The van der Waals surface area contributed by atoms with Crippen LogP contribution in [0.3, 0.4) is 0 Å². The third-order valence-electron chi connectivity index (χ3n) is 5.66. The lowest BCUT2D eigenvalue weighted by molar-refractivity contribution is -0.462. The summed E-state index contributed by atoms with van der Waals surface area (Å²) in [6.45, 7) is 3.18. The molecule has 0 radical (unpaired) electrons. The molecule has 0 aromatic heterocycles. The van der Waals surface area contributed by atoms with Gasteiger partial charge in [0.05, 0.1) is 12.2 Å². The van der Waals surface area contributed by atoms with Crippen LogP contribution < -0.4 is 4.74 Å². The molecular formula is C21H19F17O2. The molecule has 19 heteroatoms. The van der Waals surface area contributed by atoms with Crippen molar-refractivity contribution >= 4 is 0 Å². The maximum atomic E-state index is 14.4. The molecule has 0 aliphatic heterocycles. The highest BCUT2D eigenvalue weighted by Gasteiger charge is 2.95. The average Bonchev–Trinajstić information content (AvgIpc) is 2.81. The molecule has 0 bridgehead atoms. The van der Waals surface area contributed by atoms with Gasteiger partial charge in [0.1, 0.15) is 5.75 Å². The number of methoxy groups -OCH3 is 1. The fraction of sp³-hybridized carbons (Fsp3) is 0.714. The smallest absolute Gasteiger partial charge is 0.460 e. The van der Waals surface area contributed by atoms with Crippen LogP contribution in [-0.2, 0) is 4.74 Å². The van der Waals surface area contributed by atoms with Gasteiger partial charge < -0.3 is 9.47 Å². The first kappa shape index (κ1) is 35.8. The van der Waals surface area contributed by atoms with Crippen molar-refractivity contribution in [2.75, 3.05) is 7.11 Å². The quantitative estimate of drug-likeness (QED) is 0.204. The Labute approximate surface area is 214 Å². The van der Waals surface area contributed by atoms with E-state index in [1.54, 1.807) is 6.92 Å². The molecule has 0 N–H and O–H groups in total. The van der Waals surface area contributed by atoms with E-state index in [0.29, 0.717) is 13.5 Å². The second-order valence-corrected chi connectivity index (χ2v) is 8.49. The van der Waals surface area contributed by atoms with Crippen molar-refractivity contribution in [3.63, 3.8) is 0 Å². The molecule has 0 saturated heterocycles. The molecule has 2 nitrogen and oxygen atoms in total. The Bertz CT molecular complexity index is 1000. The van der Waals surface area contributed by atoms with Crippen LogP contribution in [0.1, 0.15) is 38.4 Å². The van der Waals surface area contributed by atoms with Gasteiger partial charge in [0.2, 0.25) is 0 Å². The van der Waals surface area contributed by atoms with Crippen LogP contribution in [-0.4, -0.2) is 60.8 Å². The van der Waals surface area contributed by atoms with Gasteiger partial charge in [-0.05, 0) is 31.0 Å². The van der Waals surface area contributed by atoms with E-state index in [1.165, 1.54) is 13.0 Å². The Morgan fingerprint density at radius 3 is 1.48 bits per heavy atom. The molecule has 0 amide bonds. The van der Waals surface area contributed by atoms with Gasteiger partial charge in [-0.1, -0.05) is 19.1 Å². The lowest BCUT2D eigenvalue weighted by Crippen LogP contribution is -2.74. The topological polar surface area (TPSA) is 18.5 Å². The summed E-state index contributed by atoms with van der Waals surface area (Å²) in [6, 6.07) is 3.99. The normalized spacial score (nSPS) is 16.6. The Kier molecular flexibility index (Phi) is 9.75. The number of ether oxygens (including phenoxy) is 2. The third-order valence-corrected chi connectivity index (χ3v) is 5.66. The predicted octanol–water partition coefficient (Wildman–Crippen LogP) is 8.95. The first-order chi connectivity index (χ1) is 17.6. The van der Waals surface area contributed by atoms with Crippen molar-refractivity contribution in [2.45, 2.75) is 86.5 Å². The van der Waals surface area contributed by atoms with Crippen LogP contribution >= 0.6 is 0 Å². The summed E-state index contributed by atoms with van der Waals surface area (Å²) in [5, 5.41) is 0. The molecule has 0 heterocycles. The molecule has 2 atom stereocenters. The molecule has 0 saturated carbocycles. The Hall–Kier alpha value is -2.21. The maximum Gasteiger partial charge on any atom is 0.460 e. The van der Waals surface area contributed by atoms with Crippen molar-refractivity contribution in [2.24, 2.45) is 0 Å². The molecule has 0 fully saturated rings. The van der Waals surface area contributed by atoms with Gasteiger partial charge in [-0.2, -0.15) is 74.6 Å². The van der Waals surface area contributed by atoms with Crippen molar-refractivity contribution in [3.05, 3.63) is 29.8 Å². The van der Waals surface area contributed by atoms with Crippen LogP contribution in [0.4, 0.5) is 74.6 Å². The lowest BCUT2D eigenvalue weighted by atomic mass is 9.87. The van der Waals surface area contributed by atoms with E-state index in [1.807, 2.05) is 0 Å². The molecule has 0 aliphatic rings. The number of hydrogen-bond donors (Lipinski definition) is 0. The lowest BCUT2D eigenvalue weighted by Gasteiger charge is -2.43. The number of benzene rings is 1. The molecule has 0 aliphatic carbocycles. The highest BCUT2D eigenvalue weighted by Crippen LogP contribution is 2.64. The molecule has 1 aromatic rings. The van der Waals surface area contributed by atoms with E-state index >= 15 is 0 Å². The van der Waals surface area contributed by atoms with Crippen LogP contribution in [0, 0.1) is 0 Å². The minimum atomic E-state index is -8.66. The summed E-state index contributed by atoms with van der Waals surface area (Å²) in [5.74, 6) is -56.8. The number of halogens is 17. The molecular weight excluding hydrogens is 607 g/mol. The Morgan fingerprint density at radius 1 is 0.650 bits per heavy atom. The predicted molar refractivity (Wildman–Crippen MR) is 102 cm³/mol. The minimum Gasteiger partial charge on any atom is -0.491 e.